The molecule has 0 saturated carbocycles. The van der Waals surface area contributed by atoms with E-state index in [0.29, 0.717) is 28.4 Å². The summed E-state index contributed by atoms with van der Waals surface area (Å²) >= 11 is 0. The van der Waals surface area contributed by atoms with E-state index in [4.69, 9.17) is 14.2 Å². The largest absolute Gasteiger partial charge is 0.504 e. The molecule has 5 aliphatic heterocycles. The molecule has 4 unspecified atom stereocenters. The first-order chi connectivity index (χ1) is 16.7. The Morgan fingerprint density at radius 3 is 2.66 bits per heavy atom. The van der Waals surface area contributed by atoms with Crippen molar-refractivity contribution < 1.29 is 34.3 Å². The van der Waals surface area contributed by atoms with Crippen molar-refractivity contribution in [2.75, 3.05) is 20.5 Å². The number of piperazine rings is 1. The smallest absolute Gasteiger partial charge is 0.231 e. The van der Waals surface area contributed by atoms with E-state index in [2.05, 4.69) is 22.8 Å². The van der Waals surface area contributed by atoms with Crippen molar-refractivity contribution in [1.29, 1.82) is 0 Å². The second-order valence-electron chi connectivity index (χ2n) is 10.7. The molecule has 9 nitrogen and oxygen atoms in total. The van der Waals surface area contributed by atoms with Crippen molar-refractivity contribution in [2.45, 2.75) is 75.5 Å². The number of aliphatic hydroxyl groups excluding tert-OH is 1. The highest BCUT2D eigenvalue weighted by Crippen LogP contribution is 2.65. The van der Waals surface area contributed by atoms with Crippen LogP contribution in [0.4, 0.5) is 0 Å². The molecule has 1 aromatic carbocycles. The molecule has 0 radical (unpaired) electrons. The molecule has 7 atom stereocenters. The first-order valence-corrected chi connectivity index (χ1v) is 12.3. The number of nitrogens with zero attached hydrogens (tertiary/aromatic N) is 2. The summed E-state index contributed by atoms with van der Waals surface area (Å²) in [5.74, 6) is 0.930. The first kappa shape index (κ1) is 21.7. The van der Waals surface area contributed by atoms with Gasteiger partial charge in [0.1, 0.15) is 0 Å². The van der Waals surface area contributed by atoms with Gasteiger partial charge in [0.15, 0.2) is 34.4 Å². The predicted molar refractivity (Wildman–Crippen MR) is 122 cm³/mol. The Morgan fingerprint density at radius 1 is 1.20 bits per heavy atom. The second kappa shape index (κ2) is 6.79. The van der Waals surface area contributed by atoms with Crippen LogP contribution in [0.5, 0.6) is 11.5 Å². The van der Waals surface area contributed by atoms with Crippen molar-refractivity contribution >= 4 is 5.78 Å². The van der Waals surface area contributed by atoms with Gasteiger partial charge in [-0.1, -0.05) is 6.07 Å². The van der Waals surface area contributed by atoms with E-state index < -0.39 is 17.4 Å². The number of aryl methyl sites for hydroxylation is 1. The fraction of sp³-hybridized carbons (Fsp3) is 0.577. The zero-order valence-electron chi connectivity index (χ0n) is 20.2. The number of ether oxygens (including phenoxy) is 3. The lowest BCUT2D eigenvalue weighted by Gasteiger charge is -2.65. The van der Waals surface area contributed by atoms with Crippen LogP contribution < -0.4 is 4.74 Å². The zero-order valence-corrected chi connectivity index (χ0v) is 20.2. The summed E-state index contributed by atoms with van der Waals surface area (Å²) in [6.07, 6.45) is 1.07. The van der Waals surface area contributed by atoms with Crippen LogP contribution in [-0.2, 0) is 14.3 Å². The normalized spacial score (nSPS) is 39.2. The number of benzene rings is 1. The Balaban J connectivity index is 1.44. The number of phenols is 1. The van der Waals surface area contributed by atoms with E-state index in [9.17, 15) is 20.1 Å². The van der Waals surface area contributed by atoms with Gasteiger partial charge in [-0.05, 0) is 38.3 Å². The lowest BCUT2D eigenvalue weighted by atomic mass is 9.66. The summed E-state index contributed by atoms with van der Waals surface area (Å²) in [6, 6.07) is 1.42. The first-order valence-electron chi connectivity index (χ1n) is 12.3. The number of ketones is 1. The highest BCUT2D eigenvalue weighted by Gasteiger charge is 2.67. The topological polar surface area (TPSA) is 112 Å². The van der Waals surface area contributed by atoms with Gasteiger partial charge in [0.05, 0.1) is 25.8 Å². The highest BCUT2D eigenvalue weighted by atomic mass is 16.7. The fourth-order valence-corrected chi connectivity index (χ4v) is 8.05. The number of phenolic OH excluding ortho intramolecular Hbond substituents is 1. The number of methoxy groups -OCH3 is 1. The molecule has 0 amide bonds. The maximum absolute atomic E-state index is 13.6. The third-order valence-electron chi connectivity index (χ3n) is 9.40. The Bertz CT molecular complexity index is 1250. The minimum Gasteiger partial charge on any atom is -0.504 e. The van der Waals surface area contributed by atoms with Gasteiger partial charge in [0, 0.05) is 47.3 Å². The lowest BCUT2D eigenvalue weighted by molar-refractivity contribution is -0.178. The summed E-state index contributed by atoms with van der Waals surface area (Å²) in [4.78, 5) is 18.3. The van der Waals surface area contributed by atoms with Crippen LogP contribution in [-0.4, -0.2) is 81.2 Å². The Kier molecular flexibility index (Phi) is 4.20. The van der Waals surface area contributed by atoms with E-state index in [1.165, 1.54) is 0 Å². The minimum absolute atomic E-state index is 0.0207. The van der Waals surface area contributed by atoms with Crippen LogP contribution in [0.2, 0.25) is 0 Å². The number of fused-ring (bicyclic) bond motifs is 7. The Labute approximate surface area is 203 Å². The summed E-state index contributed by atoms with van der Waals surface area (Å²) in [5, 5.41) is 34.1. The van der Waals surface area contributed by atoms with Crippen molar-refractivity contribution in [2.24, 2.45) is 0 Å². The number of rotatable bonds is 2. The van der Waals surface area contributed by atoms with E-state index >= 15 is 0 Å². The Hall–Kier alpha value is -2.59. The van der Waals surface area contributed by atoms with Gasteiger partial charge < -0.3 is 29.5 Å². The van der Waals surface area contributed by atoms with Crippen LogP contribution in [0.15, 0.2) is 28.7 Å². The monoisotopic (exact) mass is 482 g/mol. The van der Waals surface area contributed by atoms with E-state index in [-0.39, 0.29) is 55.8 Å². The van der Waals surface area contributed by atoms with Crippen LogP contribution in [0, 0.1) is 6.92 Å². The van der Waals surface area contributed by atoms with Crippen molar-refractivity contribution in [3.05, 3.63) is 45.4 Å². The van der Waals surface area contributed by atoms with Gasteiger partial charge in [-0.25, -0.2) is 0 Å². The molecule has 4 saturated heterocycles. The number of hydrogen-bond acceptors (Lipinski definition) is 9. The van der Waals surface area contributed by atoms with Gasteiger partial charge >= 0.3 is 0 Å². The summed E-state index contributed by atoms with van der Waals surface area (Å²) < 4.78 is 16.9. The molecule has 9 heteroatoms. The molecule has 5 heterocycles. The predicted octanol–water partition coefficient (Wildman–Crippen LogP) is 1.56. The average Bonchev–Trinajstić information content (AvgIpc) is 3.38. The Morgan fingerprint density at radius 2 is 1.94 bits per heavy atom. The number of hydrogen-bond donors (Lipinski definition) is 3. The third-order valence-corrected chi connectivity index (χ3v) is 9.40. The highest BCUT2D eigenvalue weighted by molar-refractivity contribution is 6.06. The van der Waals surface area contributed by atoms with E-state index in [0.717, 1.165) is 23.1 Å². The standard InChI is InChI=1S/C26H30N2O7/c1-10-5-13-15-6-14-12(3)27-16(20(28(14)15)18(13)21(30)22(10)33-4)7-26(32)19(17(27)8-29)24-23(34-9-35-24)11(2)25(26)31/h5,12,14-17,20,29-30,32H,6-9H2,1-4H3/t12-,14?,15?,16?,17-,20-,26?/m0/s1. The molecule has 1 aromatic rings. The van der Waals surface area contributed by atoms with E-state index in [1.54, 1.807) is 14.0 Å². The molecule has 0 bridgehead atoms. The van der Waals surface area contributed by atoms with Crippen molar-refractivity contribution in [3.8, 4) is 11.5 Å². The molecule has 7 rings (SSSR count). The third kappa shape index (κ3) is 2.31. The van der Waals surface area contributed by atoms with Crippen LogP contribution >= 0.6 is 0 Å². The number of Topliss-reactive ketones (excluding diaryl/α,β-unsaturated/α-hetero) is 1. The summed E-state index contributed by atoms with van der Waals surface area (Å²) in [6.45, 7) is 5.44. The molecule has 4 fully saturated rings. The SMILES string of the molecule is COc1c(C)cc2c(c1O)[C@@H]1C3CC4(O)C(=O)C(C)=C5OCOC5=C4[C@H](CO)N3[C@@H](C)C3CC2N31. The number of carbonyl (C=O) groups excluding carboxylic acids is 1. The molecule has 0 spiro atoms. The fourth-order valence-electron chi connectivity index (χ4n) is 8.05. The van der Waals surface area contributed by atoms with Crippen molar-refractivity contribution in [1.82, 2.24) is 9.80 Å². The molecular formula is C26H30N2O7. The van der Waals surface area contributed by atoms with Gasteiger partial charge in [-0.3, -0.25) is 14.6 Å². The summed E-state index contributed by atoms with van der Waals surface area (Å²) in [7, 11) is 1.55. The maximum atomic E-state index is 13.6. The molecule has 35 heavy (non-hydrogen) atoms. The molecular weight excluding hydrogens is 452 g/mol. The number of piperidine rings is 1. The zero-order chi connectivity index (χ0) is 24.5. The van der Waals surface area contributed by atoms with Crippen LogP contribution in [0.1, 0.15) is 55.5 Å². The van der Waals surface area contributed by atoms with Gasteiger partial charge in [-0.2, -0.15) is 0 Å². The summed E-state index contributed by atoms with van der Waals surface area (Å²) in [5.41, 5.74) is 1.71. The van der Waals surface area contributed by atoms with Gasteiger partial charge in [0.25, 0.3) is 0 Å². The number of aliphatic hydroxyl groups is 2. The van der Waals surface area contributed by atoms with Gasteiger partial charge in [-0.15, -0.1) is 0 Å². The molecule has 186 valence electrons. The quantitative estimate of drug-likeness (QED) is 0.578. The average molecular weight is 483 g/mol. The van der Waals surface area contributed by atoms with Gasteiger partial charge in [0.2, 0.25) is 6.79 Å². The number of aromatic hydroxyl groups is 1. The molecule has 6 aliphatic rings. The van der Waals surface area contributed by atoms with Crippen molar-refractivity contribution in [3.63, 3.8) is 0 Å². The minimum atomic E-state index is -1.81. The molecule has 3 N–H and O–H groups in total. The molecule has 0 aromatic heterocycles. The van der Waals surface area contributed by atoms with Crippen LogP contribution in [0.25, 0.3) is 0 Å². The molecule has 1 aliphatic carbocycles. The van der Waals surface area contributed by atoms with E-state index in [1.807, 2.05) is 6.92 Å². The number of carbonyl (C=O) groups is 1. The lowest BCUT2D eigenvalue weighted by Crippen LogP contribution is -2.75. The second-order valence-corrected chi connectivity index (χ2v) is 10.7. The maximum Gasteiger partial charge on any atom is 0.231 e. The van der Waals surface area contributed by atoms with Crippen LogP contribution in [0.3, 0.4) is 0 Å².